The maximum absolute atomic E-state index is 12.8. The first-order chi connectivity index (χ1) is 31.1. The largest absolute Gasteiger partial charge is 0.477 e. The molecule has 1 N–H and O–H groups in total. The summed E-state index contributed by atoms with van der Waals surface area (Å²) in [4.78, 5) is 37.1. The third-order valence-corrected chi connectivity index (χ3v) is 12.6. The summed E-state index contributed by atoms with van der Waals surface area (Å²) in [6.45, 7) is 4.90. The van der Waals surface area contributed by atoms with Crippen molar-refractivity contribution in [1.82, 2.24) is 0 Å². The summed E-state index contributed by atoms with van der Waals surface area (Å²) in [5, 5.41) is 9.65. The minimum absolute atomic E-state index is 0.174. The van der Waals surface area contributed by atoms with E-state index in [0.29, 0.717) is 17.4 Å². The van der Waals surface area contributed by atoms with Crippen LogP contribution in [0.2, 0.25) is 0 Å². The van der Waals surface area contributed by atoms with Gasteiger partial charge in [-0.3, -0.25) is 9.59 Å². The fourth-order valence-corrected chi connectivity index (χ4v) is 8.31. The third kappa shape index (κ3) is 48.2. The number of rotatable bonds is 52. The lowest BCUT2D eigenvalue weighted by Crippen LogP contribution is -2.40. The lowest BCUT2D eigenvalue weighted by Gasteiger charge is -2.25. The molecule has 0 bridgehead atoms. The molecule has 0 spiro atoms. The molecule has 0 heterocycles. The Balaban J connectivity index is 4.00. The fourth-order valence-electron chi connectivity index (χ4n) is 8.31. The van der Waals surface area contributed by atoms with E-state index in [-0.39, 0.29) is 38.2 Å². The third-order valence-electron chi connectivity index (χ3n) is 12.6. The Hall–Kier alpha value is -1.71. The zero-order chi connectivity index (χ0) is 47.0. The summed E-state index contributed by atoms with van der Waals surface area (Å²) in [5.41, 5.74) is 0. The highest BCUT2D eigenvalue weighted by Gasteiger charge is 2.25. The van der Waals surface area contributed by atoms with Gasteiger partial charge in [0.1, 0.15) is 13.2 Å². The van der Waals surface area contributed by atoms with E-state index < -0.39 is 18.4 Å². The number of carbonyl (C=O) groups is 3. The standard InChI is InChI=1S/C55H107NO8/c1-6-8-10-12-14-16-17-18-19-20-21-22-23-24-25-26-27-28-29-30-31-32-33-34-35-36-38-40-42-44-46-53(58)64-51(50-63-55(54(59)60)61-48-47-56(3,4)5)49-62-52(57)45-43-41-39-37-15-13-11-9-7-2/h51,55H,6-50H2,1-5H3/p+1. The van der Waals surface area contributed by atoms with Crippen molar-refractivity contribution in [2.75, 3.05) is 47.5 Å². The second-order valence-electron chi connectivity index (χ2n) is 20.3. The van der Waals surface area contributed by atoms with Crippen LogP contribution in [0, 0.1) is 0 Å². The van der Waals surface area contributed by atoms with Crippen LogP contribution in [0.5, 0.6) is 0 Å². The minimum Gasteiger partial charge on any atom is -0.477 e. The van der Waals surface area contributed by atoms with Crippen LogP contribution in [0.1, 0.15) is 277 Å². The van der Waals surface area contributed by atoms with Gasteiger partial charge in [-0.05, 0) is 12.8 Å². The molecule has 380 valence electrons. The number of nitrogens with zero attached hydrogens (tertiary/aromatic N) is 1. The van der Waals surface area contributed by atoms with E-state index in [9.17, 15) is 19.5 Å². The lowest BCUT2D eigenvalue weighted by molar-refractivity contribution is -0.870. The van der Waals surface area contributed by atoms with Crippen LogP contribution >= 0.6 is 0 Å². The summed E-state index contributed by atoms with van der Waals surface area (Å²) in [6.07, 6.45) is 49.2. The Morgan fingerprint density at radius 1 is 0.406 bits per heavy atom. The number of carboxylic acid groups (broad SMARTS) is 1. The molecule has 9 nitrogen and oxygen atoms in total. The number of ether oxygens (including phenoxy) is 4. The van der Waals surface area contributed by atoms with E-state index in [2.05, 4.69) is 13.8 Å². The van der Waals surface area contributed by atoms with Gasteiger partial charge in [0.2, 0.25) is 0 Å². The topological polar surface area (TPSA) is 108 Å². The van der Waals surface area contributed by atoms with Gasteiger partial charge in [0, 0.05) is 12.8 Å². The number of hydrogen-bond donors (Lipinski definition) is 1. The van der Waals surface area contributed by atoms with Gasteiger partial charge in [0.05, 0.1) is 34.4 Å². The van der Waals surface area contributed by atoms with Crippen molar-refractivity contribution in [3.05, 3.63) is 0 Å². The van der Waals surface area contributed by atoms with Crippen molar-refractivity contribution in [2.45, 2.75) is 289 Å². The molecule has 0 aromatic carbocycles. The van der Waals surface area contributed by atoms with Gasteiger partial charge >= 0.3 is 17.9 Å². The number of carbonyl (C=O) groups excluding carboxylic acids is 2. The van der Waals surface area contributed by atoms with Crippen LogP contribution < -0.4 is 0 Å². The van der Waals surface area contributed by atoms with Crippen molar-refractivity contribution < 1.29 is 42.9 Å². The van der Waals surface area contributed by atoms with Crippen LogP contribution in [-0.2, 0) is 33.3 Å². The molecule has 0 amide bonds. The van der Waals surface area contributed by atoms with E-state index in [4.69, 9.17) is 18.9 Å². The fraction of sp³-hybridized carbons (Fsp3) is 0.945. The van der Waals surface area contributed by atoms with Gasteiger partial charge < -0.3 is 28.5 Å². The molecular formula is C55H108NO8+. The van der Waals surface area contributed by atoms with E-state index in [0.717, 1.165) is 38.5 Å². The molecule has 0 aliphatic rings. The SMILES string of the molecule is CCCCCCCCCCCCCCCCCCCCCCCCCCCCCCCCC(=O)OC(COC(=O)CCCCCCCCCCC)COC(OCC[N+](C)(C)C)C(=O)O. The second-order valence-corrected chi connectivity index (χ2v) is 20.3. The number of esters is 2. The predicted octanol–water partition coefficient (Wildman–Crippen LogP) is 15.6. The number of aliphatic carboxylic acids is 1. The van der Waals surface area contributed by atoms with Gasteiger partial charge in [-0.15, -0.1) is 0 Å². The van der Waals surface area contributed by atoms with Crippen LogP contribution in [0.15, 0.2) is 0 Å². The number of hydrogen-bond acceptors (Lipinski definition) is 7. The molecule has 0 aromatic heterocycles. The summed E-state index contributed by atoms with van der Waals surface area (Å²) in [5.74, 6) is -1.99. The maximum atomic E-state index is 12.8. The first-order valence-electron chi connectivity index (χ1n) is 27.7. The van der Waals surface area contributed by atoms with E-state index in [1.807, 2.05) is 21.1 Å². The number of quaternary nitrogens is 1. The molecule has 2 unspecified atom stereocenters. The highest BCUT2D eigenvalue weighted by molar-refractivity contribution is 5.71. The summed E-state index contributed by atoms with van der Waals surface area (Å²) < 4.78 is 22.8. The van der Waals surface area contributed by atoms with Crippen molar-refractivity contribution >= 4 is 17.9 Å². The van der Waals surface area contributed by atoms with Crippen LogP contribution in [-0.4, -0.2) is 87.4 Å². The smallest absolute Gasteiger partial charge is 0.361 e. The molecule has 0 aromatic rings. The Labute approximate surface area is 396 Å². The molecule has 0 aliphatic heterocycles. The van der Waals surface area contributed by atoms with Crippen LogP contribution in [0.25, 0.3) is 0 Å². The van der Waals surface area contributed by atoms with Crippen molar-refractivity contribution in [3.63, 3.8) is 0 Å². The Bertz CT molecular complexity index is 1020. The van der Waals surface area contributed by atoms with Gasteiger partial charge in [-0.2, -0.15) is 0 Å². The van der Waals surface area contributed by atoms with Crippen LogP contribution in [0.4, 0.5) is 0 Å². The highest BCUT2D eigenvalue weighted by atomic mass is 16.7. The van der Waals surface area contributed by atoms with Crippen molar-refractivity contribution in [1.29, 1.82) is 0 Å². The average molecular weight is 911 g/mol. The summed E-state index contributed by atoms with van der Waals surface area (Å²) >= 11 is 0. The summed E-state index contributed by atoms with van der Waals surface area (Å²) in [6, 6.07) is 0. The zero-order valence-corrected chi connectivity index (χ0v) is 43.2. The van der Waals surface area contributed by atoms with Crippen molar-refractivity contribution in [2.24, 2.45) is 0 Å². The summed E-state index contributed by atoms with van der Waals surface area (Å²) in [7, 11) is 5.97. The number of unbranched alkanes of at least 4 members (excludes halogenated alkanes) is 37. The molecule has 0 rings (SSSR count). The quantitative estimate of drug-likeness (QED) is 0.0278. The molecule has 9 heteroatoms. The van der Waals surface area contributed by atoms with Crippen molar-refractivity contribution in [3.8, 4) is 0 Å². The molecule has 0 fully saturated rings. The van der Waals surface area contributed by atoms with E-state index in [1.54, 1.807) is 0 Å². The molecule has 0 saturated heterocycles. The second kappa shape index (κ2) is 47.8. The van der Waals surface area contributed by atoms with Gasteiger partial charge in [0.25, 0.3) is 6.29 Å². The van der Waals surface area contributed by atoms with Gasteiger partial charge in [-0.25, -0.2) is 4.79 Å². The predicted molar refractivity (Wildman–Crippen MR) is 268 cm³/mol. The average Bonchev–Trinajstić information content (AvgIpc) is 3.26. The molecule has 0 saturated carbocycles. The first kappa shape index (κ1) is 62.3. The van der Waals surface area contributed by atoms with Gasteiger partial charge in [0.15, 0.2) is 6.10 Å². The lowest BCUT2D eigenvalue weighted by atomic mass is 10.0. The van der Waals surface area contributed by atoms with Crippen LogP contribution in [0.3, 0.4) is 0 Å². The zero-order valence-electron chi connectivity index (χ0n) is 43.2. The number of carboxylic acids is 1. The Kier molecular flexibility index (Phi) is 46.5. The number of likely N-dealkylation sites (N-methyl/N-ethyl adjacent to an activating group) is 1. The molecule has 0 radical (unpaired) electrons. The molecule has 64 heavy (non-hydrogen) atoms. The first-order valence-corrected chi connectivity index (χ1v) is 27.7. The monoisotopic (exact) mass is 911 g/mol. The molecule has 0 aliphatic carbocycles. The minimum atomic E-state index is -1.50. The highest BCUT2D eigenvalue weighted by Crippen LogP contribution is 2.18. The molecule has 2 atom stereocenters. The van der Waals surface area contributed by atoms with E-state index in [1.165, 1.54) is 212 Å². The van der Waals surface area contributed by atoms with E-state index >= 15 is 0 Å². The molecular weight excluding hydrogens is 803 g/mol. The normalized spacial score (nSPS) is 12.7. The maximum Gasteiger partial charge on any atom is 0.361 e. The Morgan fingerprint density at radius 3 is 1.00 bits per heavy atom. The van der Waals surface area contributed by atoms with Gasteiger partial charge in [-0.1, -0.05) is 251 Å². The Morgan fingerprint density at radius 2 is 0.703 bits per heavy atom.